The highest BCUT2D eigenvalue weighted by Gasteiger charge is 2.38. The molecule has 7 nitrogen and oxygen atoms in total. The number of pyridine rings is 1. The van der Waals surface area contributed by atoms with Crippen LogP contribution in [-0.4, -0.2) is 55.9 Å². The van der Waals surface area contributed by atoms with Crippen LogP contribution in [0.1, 0.15) is 60.0 Å². The first-order valence-electron chi connectivity index (χ1n) is 10.5. The fourth-order valence-corrected chi connectivity index (χ4v) is 4.18. The molecular formula is C23H27N3O4. The van der Waals surface area contributed by atoms with Gasteiger partial charge in [0, 0.05) is 38.1 Å². The minimum Gasteiger partial charge on any atom is -0.508 e. The number of hydrogen-bond donors (Lipinski definition) is 2. The number of rotatable bonds is 6. The lowest BCUT2D eigenvalue weighted by Gasteiger charge is -2.30. The molecule has 0 unspecified atom stereocenters. The van der Waals surface area contributed by atoms with E-state index in [1.165, 1.54) is 6.07 Å². The zero-order chi connectivity index (χ0) is 21.3. The Morgan fingerprint density at radius 2 is 2.00 bits per heavy atom. The molecule has 1 atom stereocenters. The molecule has 1 saturated heterocycles. The first-order valence-corrected chi connectivity index (χ1v) is 10.5. The molecule has 158 valence electrons. The van der Waals surface area contributed by atoms with Gasteiger partial charge in [0.1, 0.15) is 17.5 Å². The SMILES string of the molecule is CCN(Cc1cccnc1)C(=O)[C@@H]1CCCN1C(=O)c1cc(C2CC2)c(O)cc1O. The normalized spacial score (nSPS) is 18.4. The zero-order valence-corrected chi connectivity index (χ0v) is 17.1. The smallest absolute Gasteiger partial charge is 0.258 e. The lowest BCUT2D eigenvalue weighted by atomic mass is 10.0. The molecule has 0 bridgehead atoms. The maximum Gasteiger partial charge on any atom is 0.258 e. The number of carbonyl (C=O) groups excluding carboxylic acids is 2. The van der Waals surface area contributed by atoms with Gasteiger partial charge in [-0.3, -0.25) is 14.6 Å². The number of likely N-dealkylation sites (N-methyl/N-ethyl adjacent to an activating group) is 1. The van der Waals surface area contributed by atoms with Crippen molar-refractivity contribution in [2.75, 3.05) is 13.1 Å². The predicted molar refractivity (Wildman–Crippen MR) is 111 cm³/mol. The number of hydrogen-bond acceptors (Lipinski definition) is 5. The van der Waals surface area contributed by atoms with Crippen molar-refractivity contribution in [1.82, 2.24) is 14.8 Å². The van der Waals surface area contributed by atoms with Gasteiger partial charge in [-0.15, -0.1) is 0 Å². The quantitative estimate of drug-likeness (QED) is 0.765. The largest absolute Gasteiger partial charge is 0.508 e. The second-order valence-electron chi connectivity index (χ2n) is 8.07. The molecule has 2 N–H and O–H groups in total. The van der Waals surface area contributed by atoms with Crippen LogP contribution in [0.5, 0.6) is 11.5 Å². The summed E-state index contributed by atoms with van der Waals surface area (Å²) >= 11 is 0. The van der Waals surface area contributed by atoms with Crippen LogP contribution >= 0.6 is 0 Å². The summed E-state index contributed by atoms with van der Waals surface area (Å²) in [6.45, 7) is 3.36. The van der Waals surface area contributed by atoms with E-state index in [0.29, 0.717) is 31.6 Å². The number of nitrogens with zero attached hydrogens (tertiary/aromatic N) is 3. The van der Waals surface area contributed by atoms with Crippen molar-refractivity contribution in [3.8, 4) is 11.5 Å². The lowest BCUT2D eigenvalue weighted by Crippen LogP contribution is -2.47. The zero-order valence-electron chi connectivity index (χ0n) is 17.1. The number of amides is 2. The van der Waals surface area contributed by atoms with Gasteiger partial charge in [-0.25, -0.2) is 0 Å². The van der Waals surface area contributed by atoms with E-state index in [9.17, 15) is 19.8 Å². The number of benzene rings is 1. The first kappa shape index (κ1) is 20.2. The number of likely N-dealkylation sites (tertiary alicyclic amines) is 1. The van der Waals surface area contributed by atoms with Gasteiger partial charge < -0.3 is 20.0 Å². The Hall–Kier alpha value is -3.09. The average molecular weight is 409 g/mol. The highest BCUT2D eigenvalue weighted by atomic mass is 16.3. The molecular weight excluding hydrogens is 382 g/mol. The summed E-state index contributed by atoms with van der Waals surface area (Å²) in [7, 11) is 0. The second kappa shape index (κ2) is 8.34. The van der Waals surface area contributed by atoms with Crippen molar-refractivity contribution in [3.63, 3.8) is 0 Å². The molecule has 1 aliphatic heterocycles. The van der Waals surface area contributed by atoms with Gasteiger partial charge in [-0.05, 0) is 61.8 Å². The van der Waals surface area contributed by atoms with Crippen molar-refractivity contribution in [2.45, 2.75) is 51.1 Å². The Kier molecular flexibility index (Phi) is 5.61. The third-order valence-electron chi connectivity index (χ3n) is 5.98. The van der Waals surface area contributed by atoms with Crippen LogP contribution in [0.3, 0.4) is 0 Å². The molecule has 2 amide bonds. The van der Waals surface area contributed by atoms with Crippen LogP contribution in [0.4, 0.5) is 0 Å². The van der Waals surface area contributed by atoms with Crippen LogP contribution in [0.15, 0.2) is 36.7 Å². The summed E-state index contributed by atoms with van der Waals surface area (Å²) in [5, 5.41) is 20.4. The Bertz CT molecular complexity index is 943. The van der Waals surface area contributed by atoms with Crippen LogP contribution in [0, 0.1) is 0 Å². The molecule has 2 heterocycles. The van der Waals surface area contributed by atoms with E-state index >= 15 is 0 Å². The molecule has 1 saturated carbocycles. The Balaban J connectivity index is 1.55. The van der Waals surface area contributed by atoms with Crippen LogP contribution in [0.25, 0.3) is 0 Å². The minimum atomic E-state index is -0.549. The van der Waals surface area contributed by atoms with E-state index in [-0.39, 0.29) is 34.8 Å². The summed E-state index contributed by atoms with van der Waals surface area (Å²) < 4.78 is 0. The van der Waals surface area contributed by atoms with E-state index < -0.39 is 6.04 Å². The van der Waals surface area contributed by atoms with Gasteiger partial charge in [0.2, 0.25) is 5.91 Å². The van der Waals surface area contributed by atoms with Gasteiger partial charge in [0.25, 0.3) is 5.91 Å². The van der Waals surface area contributed by atoms with Crippen molar-refractivity contribution < 1.29 is 19.8 Å². The maximum absolute atomic E-state index is 13.3. The lowest BCUT2D eigenvalue weighted by molar-refractivity contribution is -0.135. The number of phenolic OH excluding ortho intramolecular Hbond substituents is 2. The molecule has 30 heavy (non-hydrogen) atoms. The maximum atomic E-state index is 13.3. The monoisotopic (exact) mass is 409 g/mol. The van der Waals surface area contributed by atoms with Gasteiger partial charge in [-0.1, -0.05) is 6.07 Å². The molecule has 2 aromatic rings. The molecule has 0 spiro atoms. The summed E-state index contributed by atoms with van der Waals surface area (Å²) in [6, 6.07) is 6.05. The van der Waals surface area contributed by atoms with Gasteiger partial charge in [-0.2, -0.15) is 0 Å². The number of aromatic hydroxyl groups is 2. The number of carbonyl (C=O) groups is 2. The molecule has 0 radical (unpaired) electrons. The van der Waals surface area contributed by atoms with E-state index in [1.54, 1.807) is 28.3 Å². The van der Waals surface area contributed by atoms with Crippen LogP contribution < -0.4 is 0 Å². The fourth-order valence-electron chi connectivity index (χ4n) is 4.18. The first-order chi connectivity index (χ1) is 14.5. The molecule has 7 heteroatoms. The van der Waals surface area contributed by atoms with E-state index in [0.717, 1.165) is 24.8 Å². The van der Waals surface area contributed by atoms with E-state index in [2.05, 4.69) is 4.98 Å². The topological polar surface area (TPSA) is 94.0 Å². The summed E-state index contributed by atoms with van der Waals surface area (Å²) in [4.78, 5) is 33.9. The third kappa shape index (κ3) is 3.97. The van der Waals surface area contributed by atoms with Gasteiger partial charge in [0.05, 0.1) is 5.56 Å². The molecule has 1 aliphatic carbocycles. The Morgan fingerprint density at radius 1 is 1.20 bits per heavy atom. The predicted octanol–water partition coefficient (Wildman–Crippen LogP) is 3.02. The third-order valence-corrected chi connectivity index (χ3v) is 5.98. The summed E-state index contributed by atoms with van der Waals surface area (Å²) in [5.74, 6) is -0.435. The standard InChI is InChI=1S/C23H27N3O4/c1-2-25(14-15-5-3-9-24-13-15)23(30)19-6-4-10-26(19)22(29)18-11-17(16-7-8-16)20(27)12-21(18)28/h3,5,9,11-13,16,19,27-28H,2,4,6-8,10,14H2,1H3/t19-/m0/s1. The van der Waals surface area contributed by atoms with E-state index in [1.807, 2.05) is 19.1 Å². The van der Waals surface area contributed by atoms with Crippen LogP contribution in [0.2, 0.25) is 0 Å². The van der Waals surface area contributed by atoms with Crippen molar-refractivity contribution in [2.24, 2.45) is 0 Å². The Labute approximate surface area is 176 Å². The number of phenols is 2. The number of aromatic nitrogens is 1. The molecule has 2 aliphatic rings. The van der Waals surface area contributed by atoms with Gasteiger partial charge >= 0.3 is 0 Å². The second-order valence-corrected chi connectivity index (χ2v) is 8.07. The van der Waals surface area contributed by atoms with Crippen molar-refractivity contribution in [1.29, 1.82) is 0 Å². The minimum absolute atomic E-state index is 0.0224. The Morgan fingerprint density at radius 3 is 2.67 bits per heavy atom. The highest BCUT2D eigenvalue weighted by Crippen LogP contribution is 2.46. The molecule has 1 aromatic carbocycles. The fraction of sp³-hybridized carbons (Fsp3) is 0.435. The summed E-state index contributed by atoms with van der Waals surface area (Å²) in [5.41, 5.74) is 1.79. The van der Waals surface area contributed by atoms with Crippen LogP contribution in [-0.2, 0) is 11.3 Å². The van der Waals surface area contributed by atoms with E-state index in [4.69, 9.17) is 0 Å². The molecule has 1 aromatic heterocycles. The summed E-state index contributed by atoms with van der Waals surface area (Å²) in [6.07, 6.45) is 6.71. The van der Waals surface area contributed by atoms with Gasteiger partial charge in [0.15, 0.2) is 0 Å². The van der Waals surface area contributed by atoms with Crippen molar-refractivity contribution in [3.05, 3.63) is 53.3 Å². The molecule has 4 rings (SSSR count). The molecule has 2 fully saturated rings. The highest BCUT2D eigenvalue weighted by molar-refractivity contribution is 6.00. The average Bonchev–Trinajstić information content (AvgIpc) is 3.47. The van der Waals surface area contributed by atoms with Crippen molar-refractivity contribution >= 4 is 11.8 Å².